The lowest BCUT2D eigenvalue weighted by atomic mass is 9.99. The number of H-pyrrole nitrogens is 1. The summed E-state index contributed by atoms with van der Waals surface area (Å²) in [4.78, 5) is 3.26. The van der Waals surface area contributed by atoms with E-state index in [0.717, 1.165) is 28.6 Å². The fourth-order valence-electron chi connectivity index (χ4n) is 2.82. The van der Waals surface area contributed by atoms with Crippen molar-refractivity contribution in [3.8, 4) is 5.75 Å². The van der Waals surface area contributed by atoms with Gasteiger partial charge in [-0.1, -0.05) is 6.08 Å². The summed E-state index contributed by atoms with van der Waals surface area (Å²) in [5.41, 5.74) is 3.37. The average Bonchev–Trinajstić information content (AvgIpc) is 2.97. The smallest absolute Gasteiger partial charge is 0.214 e. The Bertz CT molecular complexity index is 821. The lowest BCUT2D eigenvalue weighted by Crippen LogP contribution is -2.35. The third-order valence-corrected chi connectivity index (χ3v) is 6.01. The molecule has 5 nitrogen and oxygen atoms in total. The highest BCUT2D eigenvalue weighted by molar-refractivity contribution is 7.89. The molecular formula is C16H20N2O3S. The molecule has 2 aromatic rings. The highest BCUT2D eigenvalue weighted by atomic mass is 32.2. The Morgan fingerprint density at radius 2 is 2.18 bits per heavy atom. The van der Waals surface area contributed by atoms with Crippen LogP contribution in [0.1, 0.15) is 18.9 Å². The van der Waals surface area contributed by atoms with Crippen LogP contribution in [0.15, 0.2) is 30.5 Å². The molecule has 0 fully saturated rings. The SMILES string of the molecule is CCS(=O)(=O)N1CC=C(c2c[nH]c3ccc(OC)cc23)CC1. The van der Waals surface area contributed by atoms with Gasteiger partial charge in [-0.05, 0) is 37.1 Å². The Labute approximate surface area is 130 Å². The van der Waals surface area contributed by atoms with Crippen LogP contribution in [0.3, 0.4) is 0 Å². The Balaban J connectivity index is 1.93. The van der Waals surface area contributed by atoms with E-state index in [1.165, 1.54) is 5.57 Å². The normalized spacial score (nSPS) is 16.7. The molecule has 1 aromatic heterocycles. The molecule has 0 saturated carbocycles. The second-order valence-electron chi connectivity index (χ2n) is 5.35. The molecule has 118 valence electrons. The third-order valence-electron chi connectivity index (χ3n) is 4.16. The minimum Gasteiger partial charge on any atom is -0.497 e. The van der Waals surface area contributed by atoms with Gasteiger partial charge in [-0.3, -0.25) is 0 Å². The number of benzene rings is 1. The Morgan fingerprint density at radius 1 is 1.36 bits per heavy atom. The Kier molecular flexibility index (Phi) is 3.97. The molecule has 22 heavy (non-hydrogen) atoms. The number of aromatic nitrogens is 1. The van der Waals surface area contributed by atoms with Crippen LogP contribution >= 0.6 is 0 Å². The molecule has 1 aliphatic rings. The molecule has 0 saturated heterocycles. The van der Waals surface area contributed by atoms with Gasteiger partial charge < -0.3 is 9.72 Å². The summed E-state index contributed by atoms with van der Waals surface area (Å²) in [6.07, 6.45) is 4.72. The molecule has 0 atom stereocenters. The molecule has 2 heterocycles. The Hall–Kier alpha value is -1.79. The molecule has 0 radical (unpaired) electrons. The highest BCUT2D eigenvalue weighted by Crippen LogP contribution is 2.31. The van der Waals surface area contributed by atoms with E-state index in [4.69, 9.17) is 4.74 Å². The van der Waals surface area contributed by atoms with Gasteiger partial charge in [0.1, 0.15) is 5.75 Å². The van der Waals surface area contributed by atoms with Crippen LogP contribution in [-0.2, 0) is 10.0 Å². The second-order valence-corrected chi connectivity index (χ2v) is 7.61. The van der Waals surface area contributed by atoms with Crippen molar-refractivity contribution < 1.29 is 13.2 Å². The summed E-state index contributed by atoms with van der Waals surface area (Å²) >= 11 is 0. The molecule has 0 spiro atoms. The summed E-state index contributed by atoms with van der Waals surface area (Å²) in [5.74, 6) is 0.973. The van der Waals surface area contributed by atoms with E-state index in [-0.39, 0.29) is 5.75 Å². The van der Waals surface area contributed by atoms with Crippen LogP contribution in [0.5, 0.6) is 5.75 Å². The van der Waals surface area contributed by atoms with E-state index in [9.17, 15) is 8.42 Å². The standard InChI is InChI=1S/C16H20N2O3S/c1-3-22(19,20)18-8-6-12(7-9-18)15-11-17-16-5-4-13(21-2)10-14(15)16/h4-6,10-11,17H,3,7-9H2,1-2H3. The second kappa shape index (κ2) is 5.78. The van der Waals surface area contributed by atoms with Crippen LogP contribution in [0.4, 0.5) is 0 Å². The van der Waals surface area contributed by atoms with Crippen LogP contribution in [0.2, 0.25) is 0 Å². The van der Waals surface area contributed by atoms with Crippen LogP contribution in [0, 0.1) is 0 Å². The van der Waals surface area contributed by atoms with Gasteiger partial charge in [0.25, 0.3) is 0 Å². The third kappa shape index (κ3) is 2.64. The summed E-state index contributed by atoms with van der Waals surface area (Å²) in [6, 6.07) is 5.93. The van der Waals surface area contributed by atoms with E-state index in [2.05, 4.69) is 4.98 Å². The van der Waals surface area contributed by atoms with Gasteiger partial charge >= 0.3 is 0 Å². The molecule has 3 rings (SSSR count). The molecule has 1 aliphatic heterocycles. The van der Waals surface area contributed by atoms with Crippen molar-refractivity contribution >= 4 is 26.5 Å². The van der Waals surface area contributed by atoms with Gasteiger partial charge in [0.05, 0.1) is 12.9 Å². The monoisotopic (exact) mass is 320 g/mol. The topological polar surface area (TPSA) is 62.4 Å². The van der Waals surface area contributed by atoms with Crippen molar-refractivity contribution in [3.05, 3.63) is 36.0 Å². The van der Waals surface area contributed by atoms with E-state index < -0.39 is 10.0 Å². The van der Waals surface area contributed by atoms with E-state index in [1.54, 1.807) is 18.3 Å². The van der Waals surface area contributed by atoms with Crippen molar-refractivity contribution in [1.82, 2.24) is 9.29 Å². The van der Waals surface area contributed by atoms with Gasteiger partial charge in [-0.25, -0.2) is 8.42 Å². The summed E-state index contributed by atoms with van der Waals surface area (Å²) < 4.78 is 30.7. The quantitative estimate of drug-likeness (QED) is 0.942. The predicted molar refractivity (Wildman–Crippen MR) is 88.5 cm³/mol. The minimum absolute atomic E-state index is 0.153. The van der Waals surface area contributed by atoms with Gasteiger partial charge in [0.2, 0.25) is 10.0 Å². The number of sulfonamides is 1. The van der Waals surface area contributed by atoms with Gasteiger partial charge in [-0.15, -0.1) is 0 Å². The van der Waals surface area contributed by atoms with Crippen LogP contribution in [-0.4, -0.2) is 43.7 Å². The zero-order valence-electron chi connectivity index (χ0n) is 12.8. The summed E-state index contributed by atoms with van der Waals surface area (Å²) in [5, 5.41) is 1.11. The first-order valence-corrected chi connectivity index (χ1v) is 8.98. The largest absolute Gasteiger partial charge is 0.497 e. The number of ether oxygens (including phenoxy) is 1. The zero-order chi connectivity index (χ0) is 15.7. The van der Waals surface area contributed by atoms with Crippen LogP contribution in [0.25, 0.3) is 16.5 Å². The molecule has 1 N–H and O–H groups in total. The van der Waals surface area contributed by atoms with Crippen molar-refractivity contribution in [2.45, 2.75) is 13.3 Å². The molecule has 0 bridgehead atoms. The van der Waals surface area contributed by atoms with Crippen molar-refractivity contribution in [1.29, 1.82) is 0 Å². The first kappa shape index (κ1) is 15.1. The fourth-order valence-corrected chi connectivity index (χ4v) is 3.86. The number of hydrogen-bond donors (Lipinski definition) is 1. The molecule has 0 aliphatic carbocycles. The molecular weight excluding hydrogens is 300 g/mol. The van der Waals surface area contributed by atoms with Gasteiger partial charge in [0, 0.05) is 35.8 Å². The predicted octanol–water partition coefficient (Wildman–Crippen LogP) is 2.62. The fraction of sp³-hybridized carbons (Fsp3) is 0.375. The van der Waals surface area contributed by atoms with E-state index >= 15 is 0 Å². The number of hydrogen-bond acceptors (Lipinski definition) is 3. The maximum Gasteiger partial charge on any atom is 0.214 e. The van der Waals surface area contributed by atoms with E-state index in [0.29, 0.717) is 13.1 Å². The molecule has 6 heteroatoms. The number of rotatable bonds is 4. The molecule has 0 amide bonds. The summed E-state index contributed by atoms with van der Waals surface area (Å²) in [7, 11) is -1.45. The number of fused-ring (bicyclic) bond motifs is 1. The lowest BCUT2D eigenvalue weighted by molar-refractivity contribution is 0.415. The molecule has 1 aromatic carbocycles. The van der Waals surface area contributed by atoms with Crippen molar-refractivity contribution in [2.75, 3.05) is 26.0 Å². The maximum absolute atomic E-state index is 11.9. The first-order chi connectivity index (χ1) is 10.5. The highest BCUT2D eigenvalue weighted by Gasteiger charge is 2.23. The molecule has 0 unspecified atom stereocenters. The van der Waals surface area contributed by atoms with Gasteiger partial charge in [0.15, 0.2) is 0 Å². The average molecular weight is 320 g/mol. The minimum atomic E-state index is -3.11. The maximum atomic E-state index is 11.9. The number of nitrogens with zero attached hydrogens (tertiary/aromatic N) is 1. The van der Waals surface area contributed by atoms with Crippen molar-refractivity contribution in [2.24, 2.45) is 0 Å². The zero-order valence-corrected chi connectivity index (χ0v) is 13.6. The number of aromatic amines is 1. The lowest BCUT2D eigenvalue weighted by Gasteiger charge is -2.25. The Morgan fingerprint density at radius 3 is 2.82 bits per heavy atom. The van der Waals surface area contributed by atoms with E-state index in [1.807, 2.05) is 30.5 Å². The number of methoxy groups -OCH3 is 1. The first-order valence-electron chi connectivity index (χ1n) is 7.37. The van der Waals surface area contributed by atoms with Crippen molar-refractivity contribution in [3.63, 3.8) is 0 Å². The number of nitrogens with one attached hydrogen (secondary N) is 1. The van der Waals surface area contributed by atoms with Crippen LogP contribution < -0.4 is 4.74 Å². The van der Waals surface area contributed by atoms with Gasteiger partial charge in [-0.2, -0.15) is 4.31 Å². The summed E-state index contributed by atoms with van der Waals surface area (Å²) in [6.45, 7) is 2.67.